The van der Waals surface area contributed by atoms with Gasteiger partial charge in [-0.25, -0.2) is 0 Å². The van der Waals surface area contributed by atoms with Gasteiger partial charge in [0, 0.05) is 40.0 Å². The summed E-state index contributed by atoms with van der Waals surface area (Å²) >= 11 is 6.39. The van der Waals surface area contributed by atoms with E-state index < -0.39 is 5.97 Å². The van der Waals surface area contributed by atoms with E-state index in [1.165, 1.54) is 25.7 Å². The number of rotatable bonds is 12. The number of aliphatic carboxylic acids is 1. The predicted octanol–water partition coefficient (Wildman–Crippen LogP) is 8.75. The van der Waals surface area contributed by atoms with Crippen molar-refractivity contribution in [2.24, 2.45) is 23.2 Å². The zero-order valence-corrected chi connectivity index (χ0v) is 27.0. The fraction of sp³-hybridized carbons (Fsp3) is 0.528. The molecule has 0 bridgehead atoms. The molecule has 1 fully saturated rings. The number of nitrogens with one attached hydrogen (secondary N) is 1. The number of hydrogen-bond donors (Lipinski definition) is 2. The number of fused-ring (bicyclic) bond motifs is 1. The van der Waals surface area contributed by atoms with Gasteiger partial charge in [0.1, 0.15) is 0 Å². The molecule has 0 saturated heterocycles. The van der Waals surface area contributed by atoms with E-state index >= 15 is 0 Å². The van der Waals surface area contributed by atoms with Crippen LogP contribution in [0.5, 0.6) is 0 Å². The summed E-state index contributed by atoms with van der Waals surface area (Å²) in [5.41, 5.74) is 3.61. The molecule has 2 atom stereocenters. The monoisotopic (exact) mass is 606 g/mol. The molecule has 4 rings (SSSR count). The molecule has 2 unspecified atom stereocenters. The third-order valence-electron chi connectivity index (χ3n) is 9.47. The minimum atomic E-state index is -0.952. The first-order valence-electron chi connectivity index (χ1n) is 15.8. The number of aromatic nitrogens is 1. The minimum absolute atomic E-state index is 0.0820. The molecular formula is C36H47ClN2O4. The van der Waals surface area contributed by atoms with Crippen molar-refractivity contribution >= 4 is 40.2 Å². The van der Waals surface area contributed by atoms with Crippen molar-refractivity contribution < 1.29 is 19.5 Å². The molecule has 1 aliphatic carbocycles. The van der Waals surface area contributed by atoms with Crippen LogP contribution in [-0.2, 0) is 11.2 Å². The van der Waals surface area contributed by atoms with Gasteiger partial charge in [-0.05, 0) is 105 Å². The van der Waals surface area contributed by atoms with E-state index in [0.29, 0.717) is 28.3 Å². The number of benzene rings is 2. The van der Waals surface area contributed by atoms with Crippen molar-refractivity contribution in [3.8, 4) is 0 Å². The number of carbonyl (C=O) groups excluding carboxylic acids is 2. The van der Waals surface area contributed by atoms with Crippen LogP contribution in [0.3, 0.4) is 0 Å². The lowest BCUT2D eigenvalue weighted by molar-refractivity contribution is -0.136. The number of halogens is 1. The smallest absolute Gasteiger partial charge is 0.305 e. The van der Waals surface area contributed by atoms with Crippen LogP contribution < -0.4 is 5.32 Å². The Morgan fingerprint density at radius 3 is 2.30 bits per heavy atom. The summed E-state index contributed by atoms with van der Waals surface area (Å²) in [6, 6.07) is 15.4. The summed E-state index contributed by atoms with van der Waals surface area (Å²) in [7, 11) is 0. The summed E-state index contributed by atoms with van der Waals surface area (Å²) in [6.45, 7) is 11.5. The van der Waals surface area contributed by atoms with Gasteiger partial charge in [-0.15, -0.1) is 0 Å². The molecule has 7 heteroatoms. The number of ketones is 1. The first-order valence-corrected chi connectivity index (χ1v) is 16.2. The third-order valence-corrected chi connectivity index (χ3v) is 9.71. The molecule has 1 aliphatic rings. The maximum absolute atomic E-state index is 14.4. The fourth-order valence-corrected chi connectivity index (χ4v) is 7.04. The Labute approximate surface area is 261 Å². The number of amides is 1. The highest BCUT2D eigenvalue weighted by Gasteiger charge is 2.34. The van der Waals surface area contributed by atoms with Gasteiger partial charge in [0.15, 0.2) is 5.78 Å². The summed E-state index contributed by atoms with van der Waals surface area (Å²) in [6.07, 6.45) is 6.89. The molecular weight excluding hydrogens is 560 g/mol. The van der Waals surface area contributed by atoms with Crippen molar-refractivity contribution in [2.75, 3.05) is 6.54 Å². The molecule has 232 valence electrons. The number of hydrogen-bond acceptors (Lipinski definition) is 3. The number of Topliss-reactive ketones (excluding diaryl/α,β-unsaturated/α-hetero) is 1. The lowest BCUT2D eigenvalue weighted by atomic mass is 9.68. The van der Waals surface area contributed by atoms with Gasteiger partial charge in [-0.1, -0.05) is 57.8 Å². The summed E-state index contributed by atoms with van der Waals surface area (Å²) in [5.74, 6) is -0.0550. The minimum Gasteiger partial charge on any atom is -0.481 e. The van der Waals surface area contributed by atoms with Crippen LogP contribution in [0, 0.1) is 23.2 Å². The molecule has 2 aromatic carbocycles. The average Bonchev–Trinajstić information content (AvgIpc) is 3.34. The highest BCUT2D eigenvalue weighted by atomic mass is 35.5. The van der Waals surface area contributed by atoms with Gasteiger partial charge in [0.2, 0.25) is 0 Å². The highest BCUT2D eigenvalue weighted by Crippen LogP contribution is 2.44. The first kappa shape index (κ1) is 32.8. The zero-order valence-electron chi connectivity index (χ0n) is 26.3. The topological polar surface area (TPSA) is 88.4 Å². The number of carboxylic acids is 1. The first-order chi connectivity index (χ1) is 20.4. The SMILES string of the molecule is CCCC(Cc1ccc(C(=O)NCCC(=O)O)cc1)C(=O)c1cc2cc(Cl)ccc2n1C(C)C1CCC(C(C)(C)C)CC1. The van der Waals surface area contributed by atoms with E-state index in [1.54, 1.807) is 12.1 Å². The Balaban J connectivity index is 1.57. The lowest BCUT2D eigenvalue weighted by Gasteiger charge is -2.39. The Morgan fingerprint density at radius 2 is 1.70 bits per heavy atom. The van der Waals surface area contributed by atoms with Gasteiger partial charge in [-0.2, -0.15) is 0 Å². The summed E-state index contributed by atoms with van der Waals surface area (Å²) < 4.78 is 2.29. The van der Waals surface area contributed by atoms with Crippen LogP contribution in [0.2, 0.25) is 5.02 Å². The van der Waals surface area contributed by atoms with Crippen molar-refractivity contribution in [3.63, 3.8) is 0 Å². The Hall–Kier alpha value is -3.12. The molecule has 1 heterocycles. The van der Waals surface area contributed by atoms with Gasteiger partial charge in [0.05, 0.1) is 12.1 Å². The zero-order chi connectivity index (χ0) is 31.3. The van der Waals surface area contributed by atoms with Gasteiger partial charge in [0.25, 0.3) is 5.91 Å². The maximum atomic E-state index is 14.4. The molecule has 0 aliphatic heterocycles. The van der Waals surface area contributed by atoms with Gasteiger partial charge in [-0.3, -0.25) is 14.4 Å². The summed E-state index contributed by atoms with van der Waals surface area (Å²) in [5, 5.41) is 13.1. The van der Waals surface area contributed by atoms with E-state index in [2.05, 4.69) is 50.6 Å². The van der Waals surface area contributed by atoms with Crippen molar-refractivity contribution in [3.05, 3.63) is 70.4 Å². The van der Waals surface area contributed by atoms with Crippen molar-refractivity contribution in [2.45, 2.75) is 92.0 Å². The van der Waals surface area contributed by atoms with E-state index in [4.69, 9.17) is 16.7 Å². The lowest BCUT2D eigenvalue weighted by Crippen LogP contribution is -2.30. The van der Waals surface area contributed by atoms with Crippen molar-refractivity contribution in [1.29, 1.82) is 0 Å². The van der Waals surface area contributed by atoms with Crippen LogP contribution in [0.25, 0.3) is 10.9 Å². The Bertz CT molecular complexity index is 1430. The van der Waals surface area contributed by atoms with E-state index in [9.17, 15) is 14.4 Å². The van der Waals surface area contributed by atoms with Crippen LogP contribution >= 0.6 is 11.6 Å². The molecule has 3 aromatic rings. The maximum Gasteiger partial charge on any atom is 0.305 e. The van der Waals surface area contributed by atoms with Crippen molar-refractivity contribution in [1.82, 2.24) is 9.88 Å². The predicted molar refractivity (Wildman–Crippen MR) is 174 cm³/mol. The molecule has 1 aromatic heterocycles. The standard InChI is InChI=1S/C36H47ClN2O4/c1-6-7-27(20-24-8-10-26(11-9-24)35(43)38-19-18-33(40)41)34(42)32-22-28-21-30(37)16-17-31(28)39(32)23(2)25-12-14-29(15-13-25)36(3,4)5/h8-11,16-17,21-23,25,27,29H,6-7,12-15,18-20H2,1-5H3,(H,38,43)(H,40,41). The fourth-order valence-electron chi connectivity index (χ4n) is 6.86. The van der Waals surface area contributed by atoms with Crippen LogP contribution in [0.1, 0.15) is 112 Å². The average molecular weight is 607 g/mol. The van der Waals surface area contributed by atoms with E-state index in [0.717, 1.165) is 40.9 Å². The highest BCUT2D eigenvalue weighted by molar-refractivity contribution is 6.31. The molecule has 0 radical (unpaired) electrons. The molecule has 2 N–H and O–H groups in total. The molecule has 1 amide bonds. The molecule has 1 saturated carbocycles. The van der Waals surface area contributed by atoms with Gasteiger partial charge < -0.3 is 15.0 Å². The Kier molecular flexibility index (Phi) is 10.8. The number of nitrogens with zero attached hydrogens (tertiary/aromatic N) is 1. The second-order valence-electron chi connectivity index (χ2n) is 13.5. The molecule has 43 heavy (non-hydrogen) atoms. The largest absolute Gasteiger partial charge is 0.481 e. The summed E-state index contributed by atoms with van der Waals surface area (Å²) in [4.78, 5) is 37.5. The quantitative estimate of drug-likeness (QED) is 0.202. The van der Waals surface area contributed by atoms with Gasteiger partial charge >= 0.3 is 5.97 Å². The third kappa shape index (κ3) is 8.08. The number of carbonyl (C=O) groups is 3. The van der Waals surface area contributed by atoms with Crippen LogP contribution in [0.15, 0.2) is 48.5 Å². The van der Waals surface area contributed by atoms with Crippen LogP contribution in [-0.4, -0.2) is 33.9 Å². The molecule has 0 spiro atoms. The Morgan fingerprint density at radius 1 is 1.02 bits per heavy atom. The second-order valence-corrected chi connectivity index (χ2v) is 13.9. The molecule has 6 nitrogen and oxygen atoms in total. The normalized spacial score (nSPS) is 18.7. The van der Waals surface area contributed by atoms with E-state index in [1.807, 2.05) is 30.3 Å². The van der Waals surface area contributed by atoms with Crippen LogP contribution in [0.4, 0.5) is 0 Å². The second kappa shape index (κ2) is 14.1. The van der Waals surface area contributed by atoms with E-state index in [-0.39, 0.29) is 36.6 Å². The number of carboxylic acid groups (broad SMARTS) is 1.